The summed E-state index contributed by atoms with van der Waals surface area (Å²) in [6.07, 6.45) is -6.13. The van der Waals surface area contributed by atoms with Crippen molar-refractivity contribution >= 4 is 23.2 Å². The Balaban J connectivity index is 1.49. The maximum absolute atomic E-state index is 12.5. The average molecular weight is 510 g/mol. The highest BCUT2D eigenvalue weighted by atomic mass is 19.4. The van der Waals surface area contributed by atoms with Gasteiger partial charge in [-0.2, -0.15) is 31.3 Å². The van der Waals surface area contributed by atoms with E-state index in [1.165, 1.54) is 35.0 Å². The molecule has 3 heterocycles. The van der Waals surface area contributed by atoms with Crippen LogP contribution in [0.2, 0.25) is 0 Å². The number of rotatable bonds is 7. The van der Waals surface area contributed by atoms with Crippen LogP contribution in [0.25, 0.3) is 16.8 Å². The van der Waals surface area contributed by atoms with Crippen molar-refractivity contribution in [2.45, 2.75) is 12.4 Å². The third-order valence-electron chi connectivity index (χ3n) is 4.65. The summed E-state index contributed by atoms with van der Waals surface area (Å²) in [5, 5.41) is 8.83. The van der Waals surface area contributed by atoms with Crippen LogP contribution in [0.3, 0.4) is 0 Å². The van der Waals surface area contributed by atoms with Gasteiger partial charge in [0.25, 0.3) is 5.91 Å². The minimum absolute atomic E-state index is 0.0661. The second-order valence-corrected chi connectivity index (χ2v) is 7.42. The number of aromatic nitrogens is 4. The molecule has 0 aliphatic carbocycles. The number of alkyl halides is 6. The van der Waals surface area contributed by atoms with Crippen LogP contribution in [0, 0.1) is 0 Å². The summed E-state index contributed by atoms with van der Waals surface area (Å²) < 4.78 is 80.5. The van der Waals surface area contributed by atoms with E-state index in [2.05, 4.69) is 20.4 Å². The second kappa shape index (κ2) is 9.71. The van der Waals surface area contributed by atoms with Crippen LogP contribution in [0.1, 0.15) is 10.4 Å². The highest BCUT2D eigenvalue weighted by molar-refractivity contribution is 5.94. The number of nitrogens with zero attached hydrogens (tertiary/aromatic N) is 4. The molecule has 14 heteroatoms. The standard InChI is InChI=1S/C22H16F6N6O2/c23-21(24,25)11-30-18(35)14-5-3-13(4-6-14)15-7-8-17-32-20(33-34(17)10-15)31-16-2-1-9-29-19(16)36-12-22(26,27)28/h1-10H,11-12H2,(H,30,35)(H,31,33). The van der Waals surface area contributed by atoms with Crippen molar-refractivity contribution in [3.8, 4) is 17.0 Å². The number of nitrogens with one attached hydrogen (secondary N) is 2. The lowest BCUT2D eigenvalue weighted by atomic mass is 10.1. The number of halogens is 6. The van der Waals surface area contributed by atoms with Crippen LogP contribution in [-0.2, 0) is 0 Å². The van der Waals surface area contributed by atoms with E-state index >= 15 is 0 Å². The maximum atomic E-state index is 12.5. The van der Waals surface area contributed by atoms with E-state index in [1.807, 2.05) is 0 Å². The summed E-state index contributed by atoms with van der Waals surface area (Å²) in [6, 6.07) is 12.2. The van der Waals surface area contributed by atoms with Crippen LogP contribution >= 0.6 is 0 Å². The average Bonchev–Trinajstić information content (AvgIpc) is 3.22. The molecule has 0 aliphatic heterocycles. The first-order valence-corrected chi connectivity index (χ1v) is 10.2. The van der Waals surface area contributed by atoms with Gasteiger partial charge in [-0.15, -0.1) is 5.10 Å². The van der Waals surface area contributed by atoms with Gasteiger partial charge < -0.3 is 15.4 Å². The summed E-state index contributed by atoms with van der Waals surface area (Å²) in [5.41, 5.74) is 1.95. The molecule has 4 rings (SSSR count). The fraction of sp³-hybridized carbons (Fsp3) is 0.182. The van der Waals surface area contributed by atoms with Crippen molar-refractivity contribution in [3.05, 3.63) is 66.5 Å². The van der Waals surface area contributed by atoms with Gasteiger partial charge >= 0.3 is 12.4 Å². The molecule has 3 aromatic heterocycles. The highest BCUT2D eigenvalue weighted by Crippen LogP contribution is 2.27. The third kappa shape index (κ3) is 6.40. The fourth-order valence-electron chi connectivity index (χ4n) is 3.08. The number of benzene rings is 1. The molecule has 188 valence electrons. The van der Waals surface area contributed by atoms with Gasteiger partial charge in [-0.1, -0.05) is 12.1 Å². The molecule has 0 radical (unpaired) electrons. The number of ether oxygens (including phenoxy) is 1. The third-order valence-corrected chi connectivity index (χ3v) is 4.65. The molecular weight excluding hydrogens is 494 g/mol. The van der Waals surface area contributed by atoms with Crippen LogP contribution in [0.4, 0.5) is 38.0 Å². The number of hydrogen-bond acceptors (Lipinski definition) is 6. The smallest absolute Gasteiger partial charge is 0.422 e. The minimum atomic E-state index is -4.53. The summed E-state index contributed by atoms with van der Waals surface area (Å²) >= 11 is 0. The molecule has 0 unspecified atom stereocenters. The van der Waals surface area contributed by atoms with Gasteiger partial charge in [-0.3, -0.25) is 4.79 Å². The summed E-state index contributed by atoms with van der Waals surface area (Å²) in [5.74, 6) is -1.04. The topological polar surface area (TPSA) is 93.4 Å². The number of pyridine rings is 2. The number of hydrogen-bond donors (Lipinski definition) is 2. The zero-order valence-electron chi connectivity index (χ0n) is 18.1. The summed E-state index contributed by atoms with van der Waals surface area (Å²) in [6.45, 7) is -2.94. The molecule has 0 spiro atoms. The van der Waals surface area contributed by atoms with E-state index < -0.39 is 31.4 Å². The normalized spacial score (nSPS) is 11.9. The van der Waals surface area contributed by atoms with Crippen LogP contribution in [-0.4, -0.2) is 51.0 Å². The molecule has 2 N–H and O–H groups in total. The maximum Gasteiger partial charge on any atom is 0.422 e. The monoisotopic (exact) mass is 510 g/mol. The number of fused-ring (bicyclic) bond motifs is 1. The summed E-state index contributed by atoms with van der Waals surface area (Å²) in [7, 11) is 0. The SMILES string of the molecule is O=C(NCC(F)(F)F)c1ccc(-c2ccc3nc(Nc4cccnc4OCC(F)(F)F)nn3c2)cc1. The van der Waals surface area contributed by atoms with E-state index in [4.69, 9.17) is 4.74 Å². The molecular formula is C22H16F6N6O2. The predicted molar refractivity (Wildman–Crippen MR) is 116 cm³/mol. The quantitative estimate of drug-likeness (QED) is 0.348. The first-order valence-electron chi connectivity index (χ1n) is 10.2. The van der Waals surface area contributed by atoms with Crippen molar-refractivity contribution in [3.63, 3.8) is 0 Å². The van der Waals surface area contributed by atoms with Crippen LogP contribution < -0.4 is 15.4 Å². The van der Waals surface area contributed by atoms with E-state index in [1.54, 1.807) is 35.8 Å². The number of carbonyl (C=O) groups is 1. The predicted octanol–water partition coefficient (Wildman–Crippen LogP) is 4.77. The van der Waals surface area contributed by atoms with Crippen molar-refractivity contribution in [2.24, 2.45) is 0 Å². The Hall–Kier alpha value is -4.36. The largest absolute Gasteiger partial charge is 0.467 e. The Morgan fingerprint density at radius 3 is 2.36 bits per heavy atom. The number of anilines is 2. The molecule has 0 bridgehead atoms. The van der Waals surface area contributed by atoms with Gasteiger partial charge in [-0.05, 0) is 42.0 Å². The number of carbonyl (C=O) groups excluding carboxylic acids is 1. The van der Waals surface area contributed by atoms with Gasteiger partial charge in [0, 0.05) is 23.5 Å². The van der Waals surface area contributed by atoms with E-state index in [0.29, 0.717) is 16.8 Å². The van der Waals surface area contributed by atoms with E-state index in [-0.39, 0.29) is 23.1 Å². The van der Waals surface area contributed by atoms with Crippen LogP contribution in [0.5, 0.6) is 5.88 Å². The lowest BCUT2D eigenvalue weighted by Gasteiger charge is -2.11. The zero-order valence-corrected chi connectivity index (χ0v) is 18.1. The van der Waals surface area contributed by atoms with Gasteiger partial charge in [0.2, 0.25) is 11.8 Å². The van der Waals surface area contributed by atoms with Crippen molar-refractivity contribution < 1.29 is 35.9 Å². The molecule has 1 aromatic carbocycles. The van der Waals surface area contributed by atoms with Gasteiger partial charge in [0.1, 0.15) is 12.2 Å². The van der Waals surface area contributed by atoms with Crippen molar-refractivity contribution in [2.75, 3.05) is 18.5 Å². The minimum Gasteiger partial charge on any atom is -0.467 e. The molecule has 8 nitrogen and oxygen atoms in total. The highest BCUT2D eigenvalue weighted by Gasteiger charge is 2.29. The Bertz CT molecular complexity index is 1370. The lowest BCUT2D eigenvalue weighted by molar-refractivity contribution is -0.154. The van der Waals surface area contributed by atoms with Crippen LogP contribution in [0.15, 0.2) is 60.9 Å². The molecule has 0 fully saturated rings. The Kier molecular flexibility index (Phi) is 6.68. The van der Waals surface area contributed by atoms with Gasteiger partial charge in [0.15, 0.2) is 12.3 Å². The zero-order chi connectivity index (χ0) is 25.9. The first kappa shape index (κ1) is 24.8. The second-order valence-electron chi connectivity index (χ2n) is 7.42. The molecule has 0 saturated carbocycles. The Labute approximate surface area is 198 Å². The fourth-order valence-corrected chi connectivity index (χ4v) is 3.08. The van der Waals surface area contributed by atoms with E-state index in [9.17, 15) is 31.1 Å². The first-order chi connectivity index (χ1) is 17.0. The molecule has 0 atom stereocenters. The Morgan fingerprint density at radius 1 is 0.944 bits per heavy atom. The van der Waals surface area contributed by atoms with E-state index in [0.717, 1.165) is 0 Å². The number of amides is 1. The Morgan fingerprint density at radius 2 is 1.67 bits per heavy atom. The summed E-state index contributed by atoms with van der Waals surface area (Å²) in [4.78, 5) is 19.9. The van der Waals surface area contributed by atoms with Gasteiger partial charge in [-0.25, -0.2) is 9.50 Å². The van der Waals surface area contributed by atoms with Crippen molar-refractivity contribution in [1.82, 2.24) is 24.9 Å². The molecule has 0 aliphatic rings. The lowest BCUT2D eigenvalue weighted by Crippen LogP contribution is -2.33. The van der Waals surface area contributed by atoms with Gasteiger partial charge in [0.05, 0.1) is 0 Å². The van der Waals surface area contributed by atoms with Crippen molar-refractivity contribution in [1.29, 1.82) is 0 Å². The molecule has 36 heavy (non-hydrogen) atoms. The molecule has 0 saturated heterocycles. The molecule has 1 amide bonds. The molecule has 4 aromatic rings.